The predicted octanol–water partition coefficient (Wildman–Crippen LogP) is 12.3. The van der Waals surface area contributed by atoms with Gasteiger partial charge in [-0.1, -0.05) is 140 Å². The van der Waals surface area contributed by atoms with Crippen LogP contribution in [0.25, 0.3) is 98.9 Å². The van der Waals surface area contributed by atoms with Crippen molar-refractivity contribution in [2.45, 2.75) is 0 Å². The third-order valence-electron chi connectivity index (χ3n) is 9.80. The molecule has 1 aliphatic carbocycles. The van der Waals surface area contributed by atoms with Crippen molar-refractivity contribution in [3.63, 3.8) is 0 Å². The van der Waals surface area contributed by atoms with Crippen LogP contribution in [0, 0.1) is 0 Å². The van der Waals surface area contributed by atoms with Gasteiger partial charge in [-0.05, 0) is 100 Å². The molecule has 212 valence electrons. The van der Waals surface area contributed by atoms with Crippen LogP contribution < -0.4 is 0 Å². The highest BCUT2D eigenvalue weighted by Crippen LogP contribution is 2.58. The summed E-state index contributed by atoms with van der Waals surface area (Å²) in [6, 6.07) is 57.6. The van der Waals surface area contributed by atoms with Crippen molar-refractivity contribution in [3.05, 3.63) is 164 Å². The average molecular weight is 582 g/mol. The van der Waals surface area contributed by atoms with Crippen molar-refractivity contribution < 1.29 is 0 Å². The summed E-state index contributed by atoms with van der Waals surface area (Å²) in [6.45, 7) is 0. The molecule has 0 aliphatic heterocycles. The van der Waals surface area contributed by atoms with Crippen LogP contribution in [0.5, 0.6) is 0 Å². The molecule has 1 heterocycles. The van der Waals surface area contributed by atoms with Gasteiger partial charge in [0, 0.05) is 17.1 Å². The minimum absolute atomic E-state index is 1.01. The van der Waals surface area contributed by atoms with Gasteiger partial charge in [-0.25, -0.2) is 0 Å². The fourth-order valence-electron chi connectivity index (χ4n) is 7.90. The number of hydrogen-bond donors (Lipinski definition) is 0. The molecule has 0 atom stereocenters. The SMILES string of the molecule is c1ccc(-c2c3c(c(-c4ccccc4)c4cc(-c5nccc6ccccc56)ccc24)-c2cccc4c2c-3cc2ccccc24)cc1. The molecule has 0 saturated heterocycles. The van der Waals surface area contributed by atoms with Crippen LogP contribution in [-0.4, -0.2) is 4.98 Å². The standard InChI is InChI=1S/C45H27N/c1-3-13-29(14-4-1)40-36-23-22-32(45-34-19-10-7-12-28(34)24-25-46-45)27-38(36)41(30-15-5-2-6-16-30)43-37-21-11-20-35-33-18-9-8-17-31(33)26-39(42(35)37)44(40)43/h1-27H. The van der Waals surface area contributed by atoms with Crippen molar-refractivity contribution in [2.75, 3.05) is 0 Å². The van der Waals surface area contributed by atoms with Crippen molar-refractivity contribution in [3.8, 4) is 55.8 Å². The van der Waals surface area contributed by atoms with Crippen LogP contribution in [0.2, 0.25) is 0 Å². The van der Waals surface area contributed by atoms with E-state index in [0.717, 1.165) is 11.3 Å². The van der Waals surface area contributed by atoms with Crippen molar-refractivity contribution >= 4 is 43.1 Å². The maximum Gasteiger partial charge on any atom is 0.0780 e. The van der Waals surface area contributed by atoms with E-state index in [1.807, 2.05) is 6.20 Å². The lowest BCUT2D eigenvalue weighted by Gasteiger charge is -2.21. The second-order valence-corrected chi connectivity index (χ2v) is 12.2. The summed E-state index contributed by atoms with van der Waals surface area (Å²) >= 11 is 0. The quantitative estimate of drug-likeness (QED) is 0.189. The van der Waals surface area contributed by atoms with Gasteiger partial charge in [0.05, 0.1) is 5.69 Å². The molecular weight excluding hydrogens is 555 g/mol. The number of benzene rings is 8. The van der Waals surface area contributed by atoms with E-state index in [2.05, 4.69) is 158 Å². The van der Waals surface area contributed by atoms with Gasteiger partial charge in [-0.3, -0.25) is 4.98 Å². The third-order valence-corrected chi connectivity index (χ3v) is 9.80. The lowest BCUT2D eigenvalue weighted by Crippen LogP contribution is -1.95. The van der Waals surface area contributed by atoms with Gasteiger partial charge >= 0.3 is 0 Å². The zero-order valence-corrected chi connectivity index (χ0v) is 25.0. The summed E-state index contributed by atoms with van der Waals surface area (Å²) in [6.07, 6.45) is 1.93. The van der Waals surface area contributed by atoms with E-state index in [1.165, 1.54) is 87.6 Å². The van der Waals surface area contributed by atoms with Crippen LogP contribution in [0.4, 0.5) is 0 Å². The Labute approximate surface area is 267 Å². The molecule has 0 fully saturated rings. The molecule has 0 spiro atoms. The molecule has 1 heteroatoms. The van der Waals surface area contributed by atoms with E-state index in [0.29, 0.717) is 0 Å². The van der Waals surface area contributed by atoms with E-state index < -0.39 is 0 Å². The fourth-order valence-corrected chi connectivity index (χ4v) is 7.90. The smallest absolute Gasteiger partial charge is 0.0780 e. The number of rotatable bonds is 3. The van der Waals surface area contributed by atoms with Gasteiger partial charge in [0.2, 0.25) is 0 Å². The lowest BCUT2D eigenvalue weighted by molar-refractivity contribution is 1.36. The Morgan fingerprint density at radius 2 is 0.957 bits per heavy atom. The van der Waals surface area contributed by atoms with Crippen LogP contribution in [0.1, 0.15) is 0 Å². The Hall–Kier alpha value is -6.05. The summed E-state index contributed by atoms with van der Waals surface area (Å²) in [5.41, 5.74) is 12.4. The number of hydrogen-bond acceptors (Lipinski definition) is 1. The Morgan fingerprint density at radius 3 is 1.74 bits per heavy atom. The highest BCUT2D eigenvalue weighted by molar-refractivity contribution is 6.31. The summed E-state index contributed by atoms with van der Waals surface area (Å²) in [4.78, 5) is 4.93. The first-order valence-corrected chi connectivity index (χ1v) is 15.9. The molecule has 1 nitrogen and oxygen atoms in total. The normalized spacial score (nSPS) is 11.9. The molecule has 8 aromatic carbocycles. The second kappa shape index (κ2) is 9.72. The summed E-state index contributed by atoms with van der Waals surface area (Å²) in [5.74, 6) is 0. The topological polar surface area (TPSA) is 12.9 Å². The van der Waals surface area contributed by atoms with E-state index in [-0.39, 0.29) is 0 Å². The second-order valence-electron chi connectivity index (χ2n) is 12.2. The van der Waals surface area contributed by atoms with Gasteiger partial charge in [0.15, 0.2) is 0 Å². The molecule has 0 saturated carbocycles. The van der Waals surface area contributed by atoms with Crippen molar-refractivity contribution in [1.29, 1.82) is 0 Å². The molecule has 46 heavy (non-hydrogen) atoms. The fraction of sp³-hybridized carbons (Fsp3) is 0. The molecule has 0 unspecified atom stereocenters. The maximum atomic E-state index is 4.93. The van der Waals surface area contributed by atoms with Gasteiger partial charge in [0.1, 0.15) is 0 Å². The minimum atomic E-state index is 1.01. The van der Waals surface area contributed by atoms with Gasteiger partial charge in [-0.15, -0.1) is 0 Å². The maximum absolute atomic E-state index is 4.93. The van der Waals surface area contributed by atoms with Crippen LogP contribution in [-0.2, 0) is 0 Å². The molecule has 1 aromatic heterocycles. The largest absolute Gasteiger partial charge is 0.256 e. The number of aromatic nitrogens is 1. The van der Waals surface area contributed by atoms with Crippen LogP contribution in [0.3, 0.4) is 0 Å². The van der Waals surface area contributed by atoms with Crippen molar-refractivity contribution in [2.24, 2.45) is 0 Å². The summed E-state index contributed by atoms with van der Waals surface area (Å²) < 4.78 is 0. The van der Waals surface area contributed by atoms with E-state index in [1.54, 1.807) is 0 Å². The molecule has 0 N–H and O–H groups in total. The minimum Gasteiger partial charge on any atom is -0.256 e. The predicted molar refractivity (Wildman–Crippen MR) is 195 cm³/mol. The van der Waals surface area contributed by atoms with Gasteiger partial charge in [0.25, 0.3) is 0 Å². The molecule has 0 bridgehead atoms. The number of fused-ring (bicyclic) bond motifs is 7. The Balaban J connectivity index is 1.42. The van der Waals surface area contributed by atoms with Crippen LogP contribution in [0.15, 0.2) is 164 Å². The Bertz CT molecular complexity index is 2660. The molecular formula is C45H27N. The van der Waals surface area contributed by atoms with E-state index >= 15 is 0 Å². The van der Waals surface area contributed by atoms with E-state index in [9.17, 15) is 0 Å². The zero-order valence-electron chi connectivity index (χ0n) is 25.0. The first-order valence-electron chi connectivity index (χ1n) is 15.9. The Kier molecular flexibility index (Phi) is 5.35. The monoisotopic (exact) mass is 581 g/mol. The highest BCUT2D eigenvalue weighted by Gasteiger charge is 2.31. The zero-order chi connectivity index (χ0) is 30.2. The first-order chi connectivity index (χ1) is 22.8. The highest BCUT2D eigenvalue weighted by atomic mass is 14.7. The third kappa shape index (κ3) is 3.54. The number of pyridine rings is 1. The molecule has 1 aliphatic rings. The number of nitrogens with zero attached hydrogens (tertiary/aromatic N) is 1. The van der Waals surface area contributed by atoms with Gasteiger partial charge < -0.3 is 0 Å². The Morgan fingerprint density at radius 1 is 0.326 bits per heavy atom. The molecule has 10 rings (SSSR count). The summed E-state index contributed by atoms with van der Waals surface area (Å²) in [7, 11) is 0. The molecule has 0 radical (unpaired) electrons. The first kappa shape index (κ1) is 25.3. The average Bonchev–Trinajstić information content (AvgIpc) is 3.45. The summed E-state index contributed by atoms with van der Waals surface area (Å²) in [5, 5.41) is 10.1. The lowest BCUT2D eigenvalue weighted by atomic mass is 9.82. The van der Waals surface area contributed by atoms with Gasteiger partial charge in [-0.2, -0.15) is 0 Å². The van der Waals surface area contributed by atoms with Crippen LogP contribution >= 0.6 is 0 Å². The van der Waals surface area contributed by atoms with Crippen molar-refractivity contribution in [1.82, 2.24) is 4.98 Å². The molecule has 0 amide bonds. The molecule has 9 aromatic rings. The van der Waals surface area contributed by atoms with E-state index in [4.69, 9.17) is 4.98 Å².